The van der Waals surface area contributed by atoms with Gasteiger partial charge in [-0.25, -0.2) is 4.98 Å². The second-order valence-corrected chi connectivity index (χ2v) is 6.25. The van der Waals surface area contributed by atoms with Crippen LogP contribution in [0.3, 0.4) is 0 Å². The molecule has 26 heavy (non-hydrogen) atoms. The molecule has 0 saturated carbocycles. The van der Waals surface area contributed by atoms with Crippen LogP contribution in [0.25, 0.3) is 22.5 Å². The molecule has 0 amide bonds. The second kappa shape index (κ2) is 6.49. The van der Waals surface area contributed by atoms with E-state index in [0.717, 1.165) is 17.6 Å². The van der Waals surface area contributed by atoms with E-state index >= 15 is 0 Å². The van der Waals surface area contributed by atoms with Crippen molar-refractivity contribution in [2.45, 2.75) is 17.2 Å². The SMILES string of the molecule is FC(F)(F)c1ccc(-c2noc(CSc3nc4ccccc4o3)n2)cc1. The molecular formula is C17H10F3N3O2S. The summed E-state index contributed by atoms with van der Waals surface area (Å²) in [7, 11) is 0. The molecule has 0 aliphatic carbocycles. The van der Waals surface area contributed by atoms with Gasteiger partial charge in [0, 0.05) is 5.56 Å². The van der Waals surface area contributed by atoms with Crippen LogP contribution in [0.15, 0.2) is 62.7 Å². The third-order valence-corrected chi connectivity index (χ3v) is 4.34. The van der Waals surface area contributed by atoms with Gasteiger partial charge in [-0.05, 0) is 24.3 Å². The fraction of sp³-hybridized carbons (Fsp3) is 0.118. The Labute approximate surface area is 149 Å². The van der Waals surface area contributed by atoms with E-state index < -0.39 is 11.7 Å². The minimum Gasteiger partial charge on any atom is -0.431 e. The van der Waals surface area contributed by atoms with Crippen molar-refractivity contribution in [2.24, 2.45) is 0 Å². The molecule has 4 aromatic rings. The Kier molecular flexibility index (Phi) is 4.15. The maximum Gasteiger partial charge on any atom is 0.416 e. The van der Waals surface area contributed by atoms with Crippen LogP contribution in [-0.4, -0.2) is 15.1 Å². The summed E-state index contributed by atoms with van der Waals surface area (Å²) in [6.45, 7) is 0. The Bertz CT molecular complexity index is 1010. The molecule has 0 aliphatic rings. The minimum absolute atomic E-state index is 0.229. The molecule has 0 saturated heterocycles. The molecule has 9 heteroatoms. The molecule has 0 fully saturated rings. The zero-order chi connectivity index (χ0) is 18.1. The number of hydrogen-bond acceptors (Lipinski definition) is 6. The highest BCUT2D eigenvalue weighted by atomic mass is 32.2. The van der Waals surface area contributed by atoms with Crippen molar-refractivity contribution < 1.29 is 22.1 Å². The normalized spacial score (nSPS) is 12.0. The van der Waals surface area contributed by atoms with E-state index in [1.165, 1.54) is 23.9 Å². The van der Waals surface area contributed by atoms with Crippen molar-refractivity contribution >= 4 is 22.9 Å². The second-order valence-electron chi connectivity index (χ2n) is 5.32. The van der Waals surface area contributed by atoms with Crippen molar-refractivity contribution in [2.75, 3.05) is 0 Å². The van der Waals surface area contributed by atoms with Crippen LogP contribution < -0.4 is 0 Å². The summed E-state index contributed by atoms with van der Waals surface area (Å²) in [5, 5.41) is 4.27. The van der Waals surface area contributed by atoms with Crippen molar-refractivity contribution in [3.63, 3.8) is 0 Å². The molecule has 0 unspecified atom stereocenters. The first-order valence-electron chi connectivity index (χ1n) is 7.47. The number of rotatable bonds is 4. The third kappa shape index (κ3) is 3.43. The van der Waals surface area contributed by atoms with Gasteiger partial charge in [0.2, 0.25) is 11.7 Å². The average molecular weight is 377 g/mol. The first kappa shape index (κ1) is 16.6. The molecule has 0 aliphatic heterocycles. The standard InChI is InChI=1S/C17H10F3N3O2S/c18-17(19,20)11-7-5-10(6-8-11)15-22-14(25-23-15)9-26-16-21-12-3-1-2-4-13(12)24-16/h1-8H,9H2. The van der Waals surface area contributed by atoms with Gasteiger partial charge < -0.3 is 8.94 Å². The van der Waals surface area contributed by atoms with Crippen LogP contribution in [0.5, 0.6) is 0 Å². The Morgan fingerprint density at radius 2 is 1.73 bits per heavy atom. The lowest BCUT2D eigenvalue weighted by Gasteiger charge is -2.05. The molecule has 2 aromatic heterocycles. The average Bonchev–Trinajstić information content (AvgIpc) is 3.26. The lowest BCUT2D eigenvalue weighted by molar-refractivity contribution is -0.137. The predicted octanol–water partition coefficient (Wildman–Crippen LogP) is 5.19. The number of nitrogens with zero attached hydrogens (tertiary/aromatic N) is 3. The van der Waals surface area contributed by atoms with E-state index in [2.05, 4.69) is 15.1 Å². The maximum absolute atomic E-state index is 12.6. The number of aromatic nitrogens is 3. The third-order valence-electron chi connectivity index (χ3n) is 3.53. The van der Waals surface area contributed by atoms with Crippen LogP contribution in [-0.2, 0) is 11.9 Å². The largest absolute Gasteiger partial charge is 0.431 e. The summed E-state index contributed by atoms with van der Waals surface area (Å²) in [6, 6.07) is 12.0. The van der Waals surface area contributed by atoms with Crippen molar-refractivity contribution in [1.82, 2.24) is 15.1 Å². The van der Waals surface area contributed by atoms with Crippen LogP contribution >= 0.6 is 11.8 Å². The minimum atomic E-state index is -4.38. The van der Waals surface area contributed by atoms with E-state index in [0.29, 0.717) is 28.0 Å². The fourth-order valence-electron chi connectivity index (χ4n) is 2.28. The molecule has 0 atom stereocenters. The Morgan fingerprint density at radius 3 is 2.46 bits per heavy atom. The highest BCUT2D eigenvalue weighted by Gasteiger charge is 2.30. The number of benzene rings is 2. The summed E-state index contributed by atoms with van der Waals surface area (Å²) < 4.78 is 48.5. The van der Waals surface area contributed by atoms with Gasteiger partial charge in [-0.2, -0.15) is 18.2 Å². The molecule has 132 valence electrons. The van der Waals surface area contributed by atoms with E-state index in [1.807, 2.05) is 24.3 Å². The fourth-order valence-corrected chi connectivity index (χ4v) is 2.95. The molecule has 0 radical (unpaired) electrons. The highest BCUT2D eigenvalue weighted by molar-refractivity contribution is 7.98. The summed E-state index contributed by atoms with van der Waals surface area (Å²) in [6.07, 6.45) is -4.38. The smallest absolute Gasteiger partial charge is 0.416 e. The van der Waals surface area contributed by atoms with Crippen molar-refractivity contribution in [1.29, 1.82) is 0 Å². The highest BCUT2D eigenvalue weighted by Crippen LogP contribution is 2.31. The number of halogens is 3. The molecule has 2 aromatic carbocycles. The van der Waals surface area contributed by atoms with E-state index in [9.17, 15) is 13.2 Å². The maximum atomic E-state index is 12.6. The Balaban J connectivity index is 1.46. The Morgan fingerprint density at radius 1 is 0.962 bits per heavy atom. The van der Waals surface area contributed by atoms with Gasteiger partial charge >= 0.3 is 6.18 Å². The van der Waals surface area contributed by atoms with E-state index in [4.69, 9.17) is 8.94 Å². The lowest BCUT2D eigenvalue weighted by Crippen LogP contribution is -2.04. The first-order chi connectivity index (χ1) is 12.5. The van der Waals surface area contributed by atoms with E-state index in [-0.39, 0.29) is 5.82 Å². The topological polar surface area (TPSA) is 65.0 Å². The summed E-state index contributed by atoms with van der Waals surface area (Å²) in [5.41, 5.74) is 1.16. The van der Waals surface area contributed by atoms with Crippen LogP contribution in [0, 0.1) is 0 Å². The predicted molar refractivity (Wildman–Crippen MR) is 88.3 cm³/mol. The van der Waals surface area contributed by atoms with Crippen LogP contribution in [0.1, 0.15) is 11.5 Å². The molecule has 5 nitrogen and oxygen atoms in total. The number of thioether (sulfide) groups is 1. The molecule has 4 rings (SSSR count). The van der Waals surface area contributed by atoms with Crippen molar-refractivity contribution in [3.05, 3.63) is 60.0 Å². The number of fused-ring (bicyclic) bond motifs is 1. The molecule has 2 heterocycles. The first-order valence-corrected chi connectivity index (χ1v) is 8.46. The van der Waals surface area contributed by atoms with Gasteiger partial charge in [0.1, 0.15) is 5.52 Å². The van der Waals surface area contributed by atoms with Crippen molar-refractivity contribution in [3.8, 4) is 11.4 Å². The van der Waals surface area contributed by atoms with Gasteiger partial charge in [0.05, 0.1) is 11.3 Å². The zero-order valence-corrected chi connectivity index (χ0v) is 13.8. The number of alkyl halides is 3. The molecule has 0 bridgehead atoms. The Hall–Kier alpha value is -2.81. The summed E-state index contributed by atoms with van der Waals surface area (Å²) >= 11 is 1.29. The lowest BCUT2D eigenvalue weighted by atomic mass is 10.1. The van der Waals surface area contributed by atoms with Gasteiger partial charge in [0.25, 0.3) is 5.22 Å². The number of para-hydroxylation sites is 2. The van der Waals surface area contributed by atoms with Gasteiger partial charge in [-0.15, -0.1) is 0 Å². The summed E-state index contributed by atoms with van der Waals surface area (Å²) in [5.74, 6) is 0.888. The molecular weight excluding hydrogens is 367 g/mol. The van der Waals surface area contributed by atoms with Gasteiger partial charge in [-0.3, -0.25) is 0 Å². The number of hydrogen-bond donors (Lipinski definition) is 0. The zero-order valence-electron chi connectivity index (χ0n) is 13.0. The van der Waals surface area contributed by atoms with Crippen LogP contribution in [0.2, 0.25) is 0 Å². The summed E-state index contributed by atoms with van der Waals surface area (Å²) in [4.78, 5) is 8.52. The molecule has 0 N–H and O–H groups in total. The number of oxazole rings is 1. The van der Waals surface area contributed by atoms with Gasteiger partial charge in [-0.1, -0.05) is 41.2 Å². The van der Waals surface area contributed by atoms with Gasteiger partial charge in [0.15, 0.2) is 5.58 Å². The monoisotopic (exact) mass is 377 g/mol. The quantitative estimate of drug-likeness (QED) is 0.456. The molecule has 0 spiro atoms. The van der Waals surface area contributed by atoms with E-state index in [1.54, 1.807) is 0 Å². The van der Waals surface area contributed by atoms with Crippen LogP contribution in [0.4, 0.5) is 13.2 Å².